The van der Waals surface area contributed by atoms with Gasteiger partial charge in [0, 0.05) is 32.6 Å². The molecule has 5 heteroatoms. The van der Waals surface area contributed by atoms with E-state index in [1.165, 1.54) is 7.11 Å². The summed E-state index contributed by atoms with van der Waals surface area (Å²) in [7, 11) is 1.41. The maximum atomic E-state index is 11.2. The number of piperidine rings is 1. The molecule has 1 heterocycles. The molecule has 1 fully saturated rings. The first kappa shape index (κ1) is 16.0. The van der Waals surface area contributed by atoms with E-state index in [0.717, 1.165) is 19.5 Å². The summed E-state index contributed by atoms with van der Waals surface area (Å²) in [6.45, 7) is 8.48. The molecule has 19 heavy (non-hydrogen) atoms. The van der Waals surface area contributed by atoms with Crippen LogP contribution in [0.1, 0.15) is 33.6 Å². The van der Waals surface area contributed by atoms with Crippen molar-refractivity contribution in [3.63, 3.8) is 0 Å². The van der Waals surface area contributed by atoms with Crippen LogP contribution in [0.4, 0.5) is 0 Å². The van der Waals surface area contributed by atoms with Crippen molar-refractivity contribution in [2.45, 2.75) is 39.7 Å². The van der Waals surface area contributed by atoms with Crippen molar-refractivity contribution in [2.75, 3.05) is 26.7 Å². The molecule has 1 N–H and O–H groups in total. The fraction of sp³-hybridized carbons (Fsp3) is 0.857. The van der Waals surface area contributed by atoms with Gasteiger partial charge in [-0.25, -0.2) is 0 Å². The maximum Gasteiger partial charge on any atom is 0.306 e. The summed E-state index contributed by atoms with van der Waals surface area (Å²) in [4.78, 5) is 24.7. The summed E-state index contributed by atoms with van der Waals surface area (Å²) in [6, 6.07) is 0.191. The minimum atomic E-state index is -0.178. The molecular weight excluding hydrogens is 244 g/mol. The molecule has 5 nitrogen and oxygen atoms in total. The largest absolute Gasteiger partial charge is 0.469 e. The van der Waals surface area contributed by atoms with E-state index in [-0.39, 0.29) is 17.9 Å². The van der Waals surface area contributed by atoms with Crippen molar-refractivity contribution in [1.82, 2.24) is 10.2 Å². The van der Waals surface area contributed by atoms with Gasteiger partial charge in [0.05, 0.1) is 13.5 Å². The van der Waals surface area contributed by atoms with Gasteiger partial charge in [-0.3, -0.25) is 9.59 Å². The third kappa shape index (κ3) is 5.59. The number of likely N-dealkylation sites (tertiary alicyclic amines) is 1. The topological polar surface area (TPSA) is 58.6 Å². The molecule has 1 saturated heterocycles. The van der Waals surface area contributed by atoms with Crippen molar-refractivity contribution in [3.8, 4) is 0 Å². The zero-order valence-electron chi connectivity index (χ0n) is 12.4. The number of nitrogens with zero attached hydrogens (tertiary/aromatic N) is 1. The van der Waals surface area contributed by atoms with Crippen LogP contribution in [-0.4, -0.2) is 49.6 Å². The number of nitrogens with one attached hydrogen (secondary N) is 1. The summed E-state index contributed by atoms with van der Waals surface area (Å²) in [6.07, 6.45) is 1.43. The average Bonchev–Trinajstić information content (AvgIpc) is 2.34. The van der Waals surface area contributed by atoms with E-state index in [4.69, 9.17) is 0 Å². The average molecular weight is 270 g/mol. The molecule has 110 valence electrons. The predicted octanol–water partition coefficient (Wildman–Crippen LogP) is 1.03. The smallest absolute Gasteiger partial charge is 0.306 e. The maximum absolute atomic E-state index is 11.2. The number of carbonyl (C=O) groups is 2. The zero-order valence-corrected chi connectivity index (χ0v) is 12.4. The molecular formula is C14H26N2O3. The Balaban J connectivity index is 2.54. The molecule has 0 saturated carbocycles. The Labute approximate surface area is 115 Å². The van der Waals surface area contributed by atoms with E-state index in [2.05, 4.69) is 28.8 Å². The van der Waals surface area contributed by atoms with Crippen molar-refractivity contribution < 1.29 is 14.3 Å². The van der Waals surface area contributed by atoms with Crippen LogP contribution in [0.5, 0.6) is 0 Å². The second-order valence-corrected chi connectivity index (χ2v) is 5.72. The Morgan fingerprint density at radius 2 is 2.05 bits per heavy atom. The second-order valence-electron chi connectivity index (χ2n) is 5.72. The Morgan fingerprint density at radius 3 is 2.58 bits per heavy atom. The molecule has 0 aromatic rings. The normalized spacial score (nSPS) is 24.3. The second kappa shape index (κ2) is 7.48. The van der Waals surface area contributed by atoms with Gasteiger partial charge in [0.1, 0.15) is 0 Å². The van der Waals surface area contributed by atoms with Crippen LogP contribution >= 0.6 is 0 Å². The van der Waals surface area contributed by atoms with Gasteiger partial charge >= 0.3 is 5.97 Å². The summed E-state index contributed by atoms with van der Waals surface area (Å²) in [5.74, 6) is 0.977. The molecule has 0 bridgehead atoms. The fourth-order valence-corrected chi connectivity index (χ4v) is 2.64. The van der Waals surface area contributed by atoms with E-state index in [0.29, 0.717) is 24.8 Å². The Bertz CT molecular complexity index is 318. The fourth-order valence-electron chi connectivity index (χ4n) is 2.64. The predicted molar refractivity (Wildman–Crippen MR) is 73.6 cm³/mol. The van der Waals surface area contributed by atoms with Gasteiger partial charge in [-0.1, -0.05) is 13.8 Å². The van der Waals surface area contributed by atoms with Gasteiger partial charge in [-0.05, 0) is 18.3 Å². The van der Waals surface area contributed by atoms with Crippen LogP contribution in [0, 0.1) is 11.8 Å². The van der Waals surface area contributed by atoms with Gasteiger partial charge in [0.15, 0.2) is 0 Å². The molecule has 1 rings (SSSR count). The minimum Gasteiger partial charge on any atom is -0.469 e. The lowest BCUT2D eigenvalue weighted by Gasteiger charge is -2.39. The van der Waals surface area contributed by atoms with Gasteiger partial charge in [-0.2, -0.15) is 0 Å². The monoisotopic (exact) mass is 270 g/mol. The third-order valence-electron chi connectivity index (χ3n) is 3.77. The van der Waals surface area contributed by atoms with Crippen LogP contribution in [0.3, 0.4) is 0 Å². The lowest BCUT2D eigenvalue weighted by Crippen LogP contribution is -2.51. The minimum absolute atomic E-state index is 0.0160. The summed E-state index contributed by atoms with van der Waals surface area (Å²) < 4.78 is 4.67. The van der Waals surface area contributed by atoms with E-state index in [9.17, 15) is 9.59 Å². The number of hydrogen-bond acceptors (Lipinski definition) is 4. The lowest BCUT2D eigenvalue weighted by molar-refractivity contribution is -0.141. The van der Waals surface area contributed by atoms with Gasteiger partial charge in [0.2, 0.25) is 5.91 Å². The highest BCUT2D eigenvalue weighted by Crippen LogP contribution is 2.24. The van der Waals surface area contributed by atoms with E-state index >= 15 is 0 Å². The van der Waals surface area contributed by atoms with Gasteiger partial charge < -0.3 is 15.0 Å². The summed E-state index contributed by atoms with van der Waals surface area (Å²) >= 11 is 0. The molecule has 2 unspecified atom stereocenters. The van der Waals surface area contributed by atoms with Crippen molar-refractivity contribution in [2.24, 2.45) is 11.8 Å². The van der Waals surface area contributed by atoms with Gasteiger partial charge in [-0.15, -0.1) is 0 Å². The van der Waals surface area contributed by atoms with Crippen LogP contribution in [0.15, 0.2) is 0 Å². The molecule has 1 amide bonds. The Kier molecular flexibility index (Phi) is 6.28. The number of amides is 1. The third-order valence-corrected chi connectivity index (χ3v) is 3.77. The Morgan fingerprint density at radius 1 is 1.37 bits per heavy atom. The van der Waals surface area contributed by atoms with E-state index < -0.39 is 0 Å². The van der Waals surface area contributed by atoms with Crippen LogP contribution in [0.2, 0.25) is 0 Å². The summed E-state index contributed by atoms with van der Waals surface area (Å²) in [5.41, 5.74) is 0. The lowest BCUT2D eigenvalue weighted by atomic mass is 9.85. The number of hydrogen-bond donors (Lipinski definition) is 1. The number of rotatable bonds is 5. The first-order valence-corrected chi connectivity index (χ1v) is 6.98. The van der Waals surface area contributed by atoms with Gasteiger partial charge in [0.25, 0.3) is 0 Å². The molecule has 0 spiro atoms. The number of ether oxygens (including phenoxy) is 1. The SMILES string of the molecule is COC(=O)CCN1CC(NC(C)=O)CC(C(C)C)C1. The molecule has 2 atom stereocenters. The molecule has 0 aromatic carbocycles. The van der Waals surface area contributed by atoms with Crippen molar-refractivity contribution in [1.29, 1.82) is 0 Å². The summed E-state index contributed by atoms with van der Waals surface area (Å²) in [5, 5.41) is 3.00. The standard InChI is InChI=1S/C14H26N2O3/c1-10(2)12-7-13(15-11(3)17)9-16(8-12)6-5-14(18)19-4/h10,12-13H,5-9H2,1-4H3,(H,15,17). The number of carbonyl (C=O) groups excluding carboxylic acids is 2. The first-order chi connectivity index (χ1) is 8.92. The highest BCUT2D eigenvalue weighted by atomic mass is 16.5. The van der Waals surface area contributed by atoms with Crippen LogP contribution < -0.4 is 5.32 Å². The molecule has 1 aliphatic heterocycles. The van der Waals surface area contributed by atoms with Crippen molar-refractivity contribution >= 4 is 11.9 Å². The van der Waals surface area contributed by atoms with Crippen LogP contribution in [0.25, 0.3) is 0 Å². The number of methoxy groups -OCH3 is 1. The highest BCUT2D eigenvalue weighted by molar-refractivity contribution is 5.73. The molecule has 1 aliphatic rings. The van der Waals surface area contributed by atoms with E-state index in [1.54, 1.807) is 6.92 Å². The van der Waals surface area contributed by atoms with E-state index in [1.807, 2.05) is 0 Å². The molecule has 0 aliphatic carbocycles. The zero-order chi connectivity index (χ0) is 14.4. The van der Waals surface area contributed by atoms with Crippen molar-refractivity contribution in [3.05, 3.63) is 0 Å². The van der Waals surface area contributed by atoms with Crippen LogP contribution in [-0.2, 0) is 14.3 Å². The molecule has 0 radical (unpaired) electrons. The highest BCUT2D eigenvalue weighted by Gasteiger charge is 2.29. The first-order valence-electron chi connectivity index (χ1n) is 6.98. The number of esters is 1. The Hall–Kier alpha value is -1.10. The quantitative estimate of drug-likeness (QED) is 0.758. The molecule has 0 aromatic heterocycles.